The maximum absolute atomic E-state index is 12.6. The Labute approximate surface area is 168 Å². The fourth-order valence-electron chi connectivity index (χ4n) is 3.41. The van der Waals surface area contributed by atoms with E-state index >= 15 is 0 Å². The Morgan fingerprint density at radius 2 is 1.96 bits per heavy atom. The SMILES string of the molecule is Cc1cc2nnc(SCCC(=O)N3CCN(c4ccccn4)CC3)n2c(C)n1. The number of piperazine rings is 1. The van der Waals surface area contributed by atoms with Gasteiger partial charge in [0.2, 0.25) is 5.91 Å². The molecule has 0 saturated carbocycles. The van der Waals surface area contributed by atoms with Gasteiger partial charge in [-0.25, -0.2) is 9.97 Å². The molecule has 4 rings (SSSR count). The van der Waals surface area contributed by atoms with Gasteiger partial charge in [0.1, 0.15) is 11.6 Å². The third-order valence-corrected chi connectivity index (χ3v) is 5.74. The summed E-state index contributed by atoms with van der Waals surface area (Å²) in [7, 11) is 0. The molecule has 0 spiro atoms. The van der Waals surface area contributed by atoms with Crippen LogP contribution in [-0.4, -0.2) is 67.3 Å². The molecule has 1 aliphatic heterocycles. The van der Waals surface area contributed by atoms with E-state index in [1.165, 1.54) is 0 Å². The Balaban J connectivity index is 1.29. The van der Waals surface area contributed by atoms with E-state index in [9.17, 15) is 4.79 Å². The Morgan fingerprint density at radius 1 is 1.14 bits per heavy atom. The van der Waals surface area contributed by atoms with Crippen LogP contribution in [0.2, 0.25) is 0 Å². The maximum Gasteiger partial charge on any atom is 0.223 e. The van der Waals surface area contributed by atoms with E-state index < -0.39 is 0 Å². The lowest BCUT2D eigenvalue weighted by molar-refractivity contribution is -0.131. The molecule has 4 heterocycles. The van der Waals surface area contributed by atoms with Crippen molar-refractivity contribution in [3.63, 3.8) is 0 Å². The number of aryl methyl sites for hydroxylation is 2. The molecule has 0 atom stereocenters. The average molecular weight is 398 g/mol. The Hall–Kier alpha value is -2.68. The number of thioether (sulfide) groups is 1. The number of carbonyl (C=O) groups excluding carboxylic acids is 1. The largest absolute Gasteiger partial charge is 0.353 e. The third-order valence-electron chi connectivity index (χ3n) is 4.81. The molecule has 8 nitrogen and oxygen atoms in total. The minimum atomic E-state index is 0.188. The number of carbonyl (C=O) groups is 1. The second-order valence-corrected chi connectivity index (χ2v) is 7.84. The molecule has 1 fully saturated rings. The summed E-state index contributed by atoms with van der Waals surface area (Å²) in [4.78, 5) is 25.6. The van der Waals surface area contributed by atoms with Crippen molar-refractivity contribution >= 4 is 29.1 Å². The molecule has 0 radical (unpaired) electrons. The predicted octanol–water partition coefficient (Wildman–Crippen LogP) is 1.97. The predicted molar refractivity (Wildman–Crippen MR) is 109 cm³/mol. The van der Waals surface area contributed by atoms with Gasteiger partial charge < -0.3 is 9.80 Å². The molecule has 0 N–H and O–H groups in total. The van der Waals surface area contributed by atoms with E-state index in [4.69, 9.17) is 0 Å². The van der Waals surface area contributed by atoms with Gasteiger partial charge >= 0.3 is 0 Å². The third kappa shape index (κ3) is 3.94. The molecule has 0 unspecified atom stereocenters. The van der Waals surface area contributed by atoms with E-state index in [2.05, 4.69) is 25.1 Å². The zero-order chi connectivity index (χ0) is 19.5. The minimum absolute atomic E-state index is 0.188. The van der Waals surface area contributed by atoms with Crippen LogP contribution >= 0.6 is 11.8 Å². The maximum atomic E-state index is 12.6. The van der Waals surface area contributed by atoms with Gasteiger partial charge in [-0.15, -0.1) is 10.2 Å². The summed E-state index contributed by atoms with van der Waals surface area (Å²) < 4.78 is 1.94. The number of anilines is 1. The molecule has 1 saturated heterocycles. The first-order chi connectivity index (χ1) is 13.6. The number of nitrogens with zero attached hydrogens (tertiary/aromatic N) is 7. The number of amides is 1. The van der Waals surface area contributed by atoms with E-state index in [-0.39, 0.29) is 5.91 Å². The highest BCUT2D eigenvalue weighted by Gasteiger charge is 2.21. The van der Waals surface area contributed by atoms with Crippen LogP contribution in [0.3, 0.4) is 0 Å². The molecule has 3 aromatic heterocycles. The monoisotopic (exact) mass is 397 g/mol. The summed E-state index contributed by atoms with van der Waals surface area (Å²) >= 11 is 1.55. The van der Waals surface area contributed by atoms with Crippen LogP contribution in [0.4, 0.5) is 5.82 Å². The highest BCUT2D eigenvalue weighted by molar-refractivity contribution is 7.99. The number of rotatable bonds is 5. The van der Waals surface area contributed by atoms with Gasteiger partial charge in [-0.1, -0.05) is 17.8 Å². The number of hydrogen-bond acceptors (Lipinski definition) is 7. The lowest BCUT2D eigenvalue weighted by atomic mass is 10.3. The molecular weight excluding hydrogens is 374 g/mol. The molecule has 0 bridgehead atoms. The summed E-state index contributed by atoms with van der Waals surface area (Å²) in [6.07, 6.45) is 2.29. The second kappa shape index (κ2) is 8.14. The molecule has 28 heavy (non-hydrogen) atoms. The molecule has 3 aromatic rings. The molecule has 0 aromatic carbocycles. The Morgan fingerprint density at radius 3 is 2.71 bits per heavy atom. The van der Waals surface area contributed by atoms with E-state index in [0.717, 1.165) is 54.3 Å². The van der Waals surface area contributed by atoms with Gasteiger partial charge in [-0.05, 0) is 26.0 Å². The van der Waals surface area contributed by atoms with Crippen LogP contribution in [0.15, 0.2) is 35.6 Å². The summed E-state index contributed by atoms with van der Waals surface area (Å²) in [5.74, 6) is 2.70. The quantitative estimate of drug-likeness (QED) is 0.609. The standard InChI is InChI=1S/C19H23N7OS/c1-14-13-17-22-23-19(26(17)15(2)21-14)28-12-6-18(27)25-10-8-24(9-11-25)16-5-3-4-7-20-16/h3-5,7,13H,6,8-12H2,1-2H3. The first-order valence-corrected chi connectivity index (χ1v) is 10.4. The first kappa shape index (κ1) is 18.7. The average Bonchev–Trinajstić information content (AvgIpc) is 3.12. The molecule has 0 aliphatic carbocycles. The fourth-order valence-corrected chi connectivity index (χ4v) is 4.32. The van der Waals surface area contributed by atoms with Gasteiger partial charge in [0, 0.05) is 56.3 Å². The summed E-state index contributed by atoms with van der Waals surface area (Å²) in [6.45, 7) is 6.98. The Kier molecular flexibility index (Phi) is 5.43. The smallest absolute Gasteiger partial charge is 0.223 e. The van der Waals surface area contributed by atoms with Crippen molar-refractivity contribution in [2.75, 3.05) is 36.8 Å². The minimum Gasteiger partial charge on any atom is -0.353 e. The van der Waals surface area contributed by atoms with E-state index in [1.807, 2.05) is 47.4 Å². The highest BCUT2D eigenvalue weighted by Crippen LogP contribution is 2.20. The van der Waals surface area contributed by atoms with Crippen LogP contribution in [0, 0.1) is 13.8 Å². The van der Waals surface area contributed by atoms with Crippen LogP contribution in [-0.2, 0) is 4.79 Å². The van der Waals surface area contributed by atoms with Crippen molar-refractivity contribution in [1.29, 1.82) is 0 Å². The van der Waals surface area contributed by atoms with Crippen LogP contribution in [0.1, 0.15) is 17.9 Å². The highest BCUT2D eigenvalue weighted by atomic mass is 32.2. The van der Waals surface area contributed by atoms with Crippen molar-refractivity contribution in [1.82, 2.24) is 29.5 Å². The van der Waals surface area contributed by atoms with E-state index in [0.29, 0.717) is 12.2 Å². The lowest BCUT2D eigenvalue weighted by Gasteiger charge is -2.35. The van der Waals surface area contributed by atoms with Gasteiger partial charge in [-0.3, -0.25) is 9.20 Å². The van der Waals surface area contributed by atoms with Crippen LogP contribution in [0.25, 0.3) is 5.65 Å². The number of hydrogen-bond donors (Lipinski definition) is 0. The van der Waals surface area contributed by atoms with Crippen molar-refractivity contribution in [2.45, 2.75) is 25.4 Å². The van der Waals surface area contributed by atoms with Crippen molar-refractivity contribution < 1.29 is 4.79 Å². The van der Waals surface area contributed by atoms with Crippen LogP contribution < -0.4 is 4.90 Å². The van der Waals surface area contributed by atoms with Crippen molar-refractivity contribution in [3.05, 3.63) is 42.0 Å². The zero-order valence-corrected chi connectivity index (χ0v) is 16.9. The van der Waals surface area contributed by atoms with Gasteiger partial charge in [0.25, 0.3) is 0 Å². The van der Waals surface area contributed by atoms with Crippen molar-refractivity contribution in [3.8, 4) is 0 Å². The molecule has 146 valence electrons. The second-order valence-electron chi connectivity index (χ2n) is 6.78. The molecule has 1 amide bonds. The van der Waals surface area contributed by atoms with Gasteiger partial charge in [0.15, 0.2) is 10.8 Å². The number of fused-ring (bicyclic) bond motifs is 1. The molecule has 1 aliphatic rings. The van der Waals surface area contributed by atoms with Gasteiger partial charge in [0.05, 0.1) is 0 Å². The zero-order valence-electron chi connectivity index (χ0n) is 16.1. The van der Waals surface area contributed by atoms with Crippen LogP contribution in [0.5, 0.6) is 0 Å². The summed E-state index contributed by atoms with van der Waals surface area (Å²) in [5, 5.41) is 9.24. The van der Waals surface area contributed by atoms with Crippen molar-refractivity contribution in [2.24, 2.45) is 0 Å². The molecule has 9 heteroatoms. The van der Waals surface area contributed by atoms with Gasteiger partial charge in [-0.2, -0.15) is 0 Å². The first-order valence-electron chi connectivity index (χ1n) is 9.38. The number of aromatic nitrogens is 5. The number of pyridine rings is 1. The summed E-state index contributed by atoms with van der Waals surface area (Å²) in [5.41, 5.74) is 1.72. The molecular formula is C19H23N7OS. The fraction of sp³-hybridized carbons (Fsp3) is 0.421. The Bertz CT molecular complexity index is 967. The normalized spacial score (nSPS) is 14.6. The summed E-state index contributed by atoms with van der Waals surface area (Å²) in [6, 6.07) is 7.83. The lowest BCUT2D eigenvalue weighted by Crippen LogP contribution is -2.49. The topological polar surface area (TPSA) is 79.5 Å². The van der Waals surface area contributed by atoms with E-state index in [1.54, 1.807) is 18.0 Å².